The van der Waals surface area contributed by atoms with Gasteiger partial charge in [0, 0.05) is 17.1 Å². The maximum Gasteiger partial charge on any atom is 0.261 e. The first-order chi connectivity index (χ1) is 10.9. The van der Waals surface area contributed by atoms with Crippen LogP contribution in [0.5, 0.6) is 0 Å². The maximum atomic E-state index is 13.2. The highest BCUT2D eigenvalue weighted by Gasteiger charge is 2.19. The Morgan fingerprint density at radius 2 is 2.00 bits per heavy atom. The molecule has 8 heteroatoms. The molecular formula is C15H13FN2O3S2. The van der Waals surface area contributed by atoms with E-state index in [0.29, 0.717) is 17.9 Å². The zero-order valence-corrected chi connectivity index (χ0v) is 13.5. The summed E-state index contributed by atoms with van der Waals surface area (Å²) in [6.07, 6.45) is 0.378. The van der Waals surface area contributed by atoms with Gasteiger partial charge in [0.15, 0.2) is 0 Å². The summed E-state index contributed by atoms with van der Waals surface area (Å²) >= 11 is 1.49. The monoisotopic (exact) mass is 352 g/mol. The lowest BCUT2D eigenvalue weighted by atomic mass is 10.3. The molecule has 2 N–H and O–H groups in total. The fraction of sp³-hybridized carbons (Fsp3) is 0.133. The zero-order valence-electron chi connectivity index (χ0n) is 11.9. The summed E-state index contributed by atoms with van der Waals surface area (Å²) < 4.78 is 40.3. The number of carbonyl (C=O) groups is 1. The Hall–Kier alpha value is -2.06. The Kier molecular flexibility index (Phi) is 4.27. The fourth-order valence-corrected chi connectivity index (χ4v) is 4.14. The quantitative estimate of drug-likeness (QED) is 0.890. The van der Waals surface area contributed by atoms with Gasteiger partial charge >= 0.3 is 0 Å². The summed E-state index contributed by atoms with van der Waals surface area (Å²) in [7, 11) is -3.87. The summed E-state index contributed by atoms with van der Waals surface area (Å²) in [4.78, 5) is 12.4. The minimum Gasteiger partial charge on any atom is -0.325 e. The number of halogens is 1. The van der Waals surface area contributed by atoms with Gasteiger partial charge in [0.2, 0.25) is 5.91 Å². The van der Waals surface area contributed by atoms with Gasteiger partial charge in [0.05, 0.1) is 16.3 Å². The lowest BCUT2D eigenvalue weighted by Gasteiger charge is -2.11. The number of hydrogen-bond acceptors (Lipinski definition) is 4. The fourth-order valence-electron chi connectivity index (χ4n) is 2.13. The van der Waals surface area contributed by atoms with E-state index in [1.807, 2.05) is 0 Å². The molecule has 0 atom stereocenters. The lowest BCUT2D eigenvalue weighted by molar-refractivity contribution is -0.115. The topological polar surface area (TPSA) is 75.3 Å². The number of anilines is 2. The predicted octanol–water partition coefficient (Wildman–Crippen LogP) is 3.06. The number of rotatable bonds is 3. The third-order valence-electron chi connectivity index (χ3n) is 3.20. The largest absolute Gasteiger partial charge is 0.325 e. The second-order valence-corrected chi connectivity index (χ2v) is 7.74. The number of hydrogen-bond donors (Lipinski definition) is 2. The molecule has 0 aliphatic carbocycles. The molecule has 1 aliphatic rings. The third-order valence-corrected chi connectivity index (χ3v) is 5.65. The van der Waals surface area contributed by atoms with Gasteiger partial charge in [0.1, 0.15) is 5.82 Å². The molecule has 0 aromatic heterocycles. The van der Waals surface area contributed by atoms with Gasteiger partial charge in [0.25, 0.3) is 10.0 Å². The Bertz CT molecular complexity index is 869. The van der Waals surface area contributed by atoms with E-state index in [1.165, 1.54) is 42.1 Å². The van der Waals surface area contributed by atoms with Gasteiger partial charge in [-0.15, -0.1) is 11.8 Å². The predicted molar refractivity (Wildman–Crippen MR) is 87.6 cm³/mol. The molecule has 1 aliphatic heterocycles. The molecule has 1 heterocycles. The Balaban J connectivity index is 1.93. The molecule has 3 rings (SSSR count). The molecule has 0 unspecified atom stereocenters. The normalized spacial score (nSPS) is 14.6. The van der Waals surface area contributed by atoms with Gasteiger partial charge in [-0.25, -0.2) is 12.8 Å². The van der Waals surface area contributed by atoms with E-state index in [0.717, 1.165) is 11.0 Å². The Labute approximate surface area is 137 Å². The molecule has 0 saturated carbocycles. The number of thioether (sulfide) groups is 1. The maximum absolute atomic E-state index is 13.2. The van der Waals surface area contributed by atoms with Crippen molar-refractivity contribution in [1.29, 1.82) is 0 Å². The van der Waals surface area contributed by atoms with Crippen LogP contribution in [0.4, 0.5) is 15.8 Å². The number of fused-ring (bicyclic) bond motifs is 1. The van der Waals surface area contributed by atoms with Gasteiger partial charge in [-0.3, -0.25) is 9.52 Å². The van der Waals surface area contributed by atoms with Crippen LogP contribution in [0, 0.1) is 5.82 Å². The minimum atomic E-state index is -3.87. The molecular weight excluding hydrogens is 339 g/mol. The zero-order chi connectivity index (χ0) is 16.4. The first-order valence-electron chi connectivity index (χ1n) is 6.79. The Morgan fingerprint density at radius 3 is 2.78 bits per heavy atom. The van der Waals surface area contributed by atoms with E-state index >= 15 is 0 Å². The summed E-state index contributed by atoms with van der Waals surface area (Å²) in [6.45, 7) is 0. The SMILES string of the molecule is O=C1CCSc2ccc(S(=O)(=O)Nc3cccc(F)c3)cc2N1. The minimum absolute atomic E-state index is 0.00307. The van der Waals surface area contributed by atoms with Crippen molar-refractivity contribution in [3.63, 3.8) is 0 Å². The van der Waals surface area contributed by atoms with E-state index < -0.39 is 15.8 Å². The summed E-state index contributed by atoms with van der Waals surface area (Å²) in [5, 5.41) is 2.70. The van der Waals surface area contributed by atoms with Crippen LogP contribution in [0.25, 0.3) is 0 Å². The van der Waals surface area contributed by atoms with Crippen LogP contribution in [0.1, 0.15) is 6.42 Å². The molecule has 0 fully saturated rings. The standard InChI is InChI=1S/C15H13FN2O3S2/c16-10-2-1-3-11(8-10)18-23(20,21)12-4-5-14-13(9-12)17-15(19)6-7-22-14/h1-5,8-9,18H,6-7H2,(H,17,19). The van der Waals surface area contributed by atoms with Crippen LogP contribution in [0.15, 0.2) is 52.3 Å². The molecule has 120 valence electrons. The number of sulfonamides is 1. The van der Waals surface area contributed by atoms with Gasteiger partial charge in [-0.05, 0) is 36.4 Å². The van der Waals surface area contributed by atoms with Gasteiger partial charge < -0.3 is 5.32 Å². The average molecular weight is 352 g/mol. The van der Waals surface area contributed by atoms with Crippen molar-refractivity contribution in [2.24, 2.45) is 0 Å². The first-order valence-corrected chi connectivity index (χ1v) is 9.26. The van der Waals surface area contributed by atoms with Crippen molar-refractivity contribution in [2.45, 2.75) is 16.2 Å². The van der Waals surface area contributed by atoms with Crippen LogP contribution in [-0.2, 0) is 14.8 Å². The average Bonchev–Trinajstić information content (AvgIpc) is 2.66. The smallest absolute Gasteiger partial charge is 0.261 e. The van der Waals surface area contributed by atoms with Crippen molar-refractivity contribution in [3.05, 3.63) is 48.3 Å². The van der Waals surface area contributed by atoms with E-state index in [2.05, 4.69) is 10.0 Å². The van der Waals surface area contributed by atoms with Crippen LogP contribution >= 0.6 is 11.8 Å². The highest BCUT2D eigenvalue weighted by molar-refractivity contribution is 7.99. The van der Waals surface area contributed by atoms with Gasteiger partial charge in [-0.2, -0.15) is 0 Å². The number of carbonyl (C=O) groups excluding carboxylic acids is 1. The third kappa shape index (κ3) is 3.65. The lowest BCUT2D eigenvalue weighted by Crippen LogP contribution is -2.14. The number of nitrogens with one attached hydrogen (secondary N) is 2. The molecule has 2 aromatic rings. The summed E-state index contributed by atoms with van der Waals surface area (Å²) in [6, 6.07) is 9.73. The van der Waals surface area contributed by atoms with Crippen molar-refractivity contribution in [3.8, 4) is 0 Å². The van der Waals surface area contributed by atoms with Crippen molar-refractivity contribution in [2.75, 3.05) is 15.8 Å². The van der Waals surface area contributed by atoms with Crippen molar-refractivity contribution < 1.29 is 17.6 Å². The van der Waals surface area contributed by atoms with E-state index in [-0.39, 0.29) is 16.5 Å². The molecule has 0 radical (unpaired) electrons. The van der Waals surface area contributed by atoms with Crippen LogP contribution in [0.2, 0.25) is 0 Å². The Morgan fingerprint density at radius 1 is 1.17 bits per heavy atom. The van der Waals surface area contributed by atoms with Crippen LogP contribution in [-0.4, -0.2) is 20.1 Å². The molecule has 5 nitrogen and oxygen atoms in total. The molecule has 1 amide bonds. The molecule has 23 heavy (non-hydrogen) atoms. The van der Waals surface area contributed by atoms with Crippen molar-refractivity contribution >= 4 is 39.1 Å². The number of amides is 1. The molecule has 0 spiro atoms. The second-order valence-electron chi connectivity index (χ2n) is 4.92. The number of benzene rings is 2. The molecule has 0 bridgehead atoms. The van der Waals surface area contributed by atoms with E-state index in [9.17, 15) is 17.6 Å². The second kappa shape index (κ2) is 6.21. The molecule has 0 saturated heterocycles. The summed E-state index contributed by atoms with van der Waals surface area (Å²) in [5.41, 5.74) is 0.609. The first kappa shape index (κ1) is 15.8. The summed E-state index contributed by atoms with van der Waals surface area (Å²) in [5.74, 6) is -0.0355. The van der Waals surface area contributed by atoms with E-state index in [1.54, 1.807) is 6.07 Å². The molecule has 2 aromatic carbocycles. The van der Waals surface area contributed by atoms with Crippen LogP contribution in [0.3, 0.4) is 0 Å². The van der Waals surface area contributed by atoms with E-state index in [4.69, 9.17) is 0 Å². The highest BCUT2D eigenvalue weighted by atomic mass is 32.2. The van der Waals surface area contributed by atoms with Gasteiger partial charge in [-0.1, -0.05) is 6.07 Å². The van der Waals surface area contributed by atoms with Crippen LogP contribution < -0.4 is 10.0 Å². The van der Waals surface area contributed by atoms with Crippen molar-refractivity contribution in [1.82, 2.24) is 0 Å². The highest BCUT2D eigenvalue weighted by Crippen LogP contribution is 2.33.